The number of amides is 1. The number of carboxylic acids is 1. The van der Waals surface area contributed by atoms with E-state index in [2.05, 4.69) is 9.59 Å². The van der Waals surface area contributed by atoms with Crippen LogP contribution in [0.5, 0.6) is 0 Å². The Bertz CT molecular complexity index is 568. The largest absolute Gasteiger partial charge is 0.480 e. The number of β-lactam (4-membered cyclic amide) rings is 1. The number of carboxylic acid groups (broad SMARTS) is 1. The van der Waals surface area contributed by atoms with Gasteiger partial charge in [-0.1, -0.05) is 4.49 Å². The number of aromatic nitrogens is 2. The minimum absolute atomic E-state index is 0.125. The van der Waals surface area contributed by atoms with Crippen LogP contribution in [0.15, 0.2) is 5.57 Å². The molecule has 2 saturated heterocycles. The summed E-state index contributed by atoms with van der Waals surface area (Å²) in [5, 5.41) is 12.8. The van der Waals surface area contributed by atoms with Crippen LogP contribution >= 0.6 is 23.3 Å². The number of aliphatic carboxylic acids is 1. The lowest BCUT2D eigenvalue weighted by Crippen LogP contribution is -2.56. The van der Waals surface area contributed by atoms with Gasteiger partial charge in [0, 0.05) is 5.75 Å². The summed E-state index contributed by atoms with van der Waals surface area (Å²) in [5.41, 5.74) is 1.44. The van der Waals surface area contributed by atoms with E-state index in [1.165, 1.54) is 28.2 Å². The first-order chi connectivity index (χ1) is 8.59. The van der Waals surface area contributed by atoms with Crippen LogP contribution in [0.3, 0.4) is 0 Å². The molecule has 1 amide bonds. The molecule has 0 aromatic carbocycles. The predicted octanol–water partition coefficient (Wildman–Crippen LogP) is 0.598. The van der Waals surface area contributed by atoms with E-state index in [1.807, 2.05) is 6.92 Å². The molecule has 2 aliphatic rings. The van der Waals surface area contributed by atoms with E-state index in [9.17, 15) is 9.59 Å². The van der Waals surface area contributed by atoms with Crippen molar-refractivity contribution in [3.8, 4) is 0 Å². The van der Waals surface area contributed by atoms with E-state index in [-0.39, 0.29) is 11.3 Å². The number of nitrogens with zero attached hydrogens (tertiary/aromatic N) is 3. The third-order valence-corrected chi connectivity index (χ3v) is 5.08. The number of hydrogen-bond donors (Lipinski definition) is 1. The molecule has 0 aliphatic carbocycles. The van der Waals surface area contributed by atoms with E-state index in [4.69, 9.17) is 5.11 Å². The van der Waals surface area contributed by atoms with E-state index >= 15 is 0 Å². The zero-order chi connectivity index (χ0) is 12.9. The molecule has 2 fully saturated rings. The molecule has 2 aliphatic heterocycles. The maximum Gasteiger partial charge on any atom is 0.327 e. The van der Waals surface area contributed by atoms with Crippen LogP contribution < -0.4 is 0 Å². The Morgan fingerprint density at radius 3 is 3.00 bits per heavy atom. The Labute approximate surface area is 111 Å². The highest BCUT2D eigenvalue weighted by atomic mass is 32.2. The molecule has 94 valence electrons. The van der Waals surface area contributed by atoms with Crippen LogP contribution in [0.4, 0.5) is 0 Å². The topological polar surface area (TPSA) is 83.4 Å². The van der Waals surface area contributed by atoms with Crippen molar-refractivity contribution in [1.82, 2.24) is 14.5 Å². The van der Waals surface area contributed by atoms with Crippen molar-refractivity contribution in [3.63, 3.8) is 0 Å². The first-order valence-corrected chi connectivity index (χ1v) is 7.09. The lowest BCUT2D eigenvalue weighted by Gasteiger charge is -2.38. The van der Waals surface area contributed by atoms with Crippen LogP contribution in [-0.4, -0.2) is 48.6 Å². The Kier molecular flexibility index (Phi) is 2.63. The van der Waals surface area contributed by atoms with Gasteiger partial charge in [0.15, 0.2) is 0 Å². The summed E-state index contributed by atoms with van der Waals surface area (Å²) in [6.07, 6.45) is 1.78. The maximum atomic E-state index is 11.9. The molecule has 0 saturated carbocycles. The summed E-state index contributed by atoms with van der Waals surface area (Å²) in [4.78, 5) is 25.2. The molecule has 3 rings (SSSR count). The van der Waals surface area contributed by atoms with Crippen molar-refractivity contribution in [2.45, 2.75) is 18.3 Å². The molecule has 18 heavy (non-hydrogen) atoms. The van der Waals surface area contributed by atoms with Crippen molar-refractivity contribution in [1.29, 1.82) is 0 Å². The summed E-state index contributed by atoms with van der Waals surface area (Å²) < 4.78 is 3.81. The fourth-order valence-corrected chi connectivity index (χ4v) is 4.04. The van der Waals surface area contributed by atoms with Gasteiger partial charge in [-0.2, -0.15) is 0 Å². The van der Waals surface area contributed by atoms with Gasteiger partial charge in [-0.05, 0) is 24.5 Å². The highest BCUT2D eigenvalue weighted by Gasteiger charge is 2.53. The van der Waals surface area contributed by atoms with Crippen LogP contribution in [0.25, 0.3) is 6.08 Å². The summed E-state index contributed by atoms with van der Waals surface area (Å²) in [5.74, 6) is -0.679. The van der Waals surface area contributed by atoms with Gasteiger partial charge in [0.25, 0.3) is 5.91 Å². The molecule has 0 spiro atoms. The summed E-state index contributed by atoms with van der Waals surface area (Å²) in [6, 6.07) is -0.690. The predicted molar refractivity (Wildman–Crippen MR) is 67.1 cm³/mol. The molecule has 0 radical (unpaired) electrons. The number of carbonyl (C=O) groups excluding carboxylic acids is 1. The molecular formula is C10H9N3O3S2. The van der Waals surface area contributed by atoms with Crippen LogP contribution in [-0.2, 0) is 9.59 Å². The van der Waals surface area contributed by atoms with Gasteiger partial charge in [0.2, 0.25) is 0 Å². The average molecular weight is 283 g/mol. The van der Waals surface area contributed by atoms with Crippen molar-refractivity contribution < 1.29 is 14.7 Å². The fourth-order valence-electron chi connectivity index (χ4n) is 2.02. The number of carbonyl (C=O) groups is 2. The molecule has 1 aromatic rings. The van der Waals surface area contributed by atoms with Crippen molar-refractivity contribution in [2.24, 2.45) is 0 Å². The molecule has 1 N–H and O–H groups in total. The second-order valence-corrected chi connectivity index (χ2v) is 5.97. The second kappa shape index (κ2) is 4.06. The zero-order valence-electron chi connectivity index (χ0n) is 9.36. The van der Waals surface area contributed by atoms with Crippen LogP contribution in [0, 0.1) is 6.92 Å². The van der Waals surface area contributed by atoms with E-state index in [1.54, 1.807) is 6.08 Å². The first-order valence-electron chi connectivity index (χ1n) is 5.27. The number of fused-ring (bicyclic) bond motifs is 1. The lowest BCUT2D eigenvalue weighted by molar-refractivity contribution is -0.150. The SMILES string of the molecule is Cc1nnsc1C=C1C(=O)N2C(C(=O)O)CS[C@H]12. The molecule has 6 nitrogen and oxygen atoms in total. The minimum Gasteiger partial charge on any atom is -0.480 e. The molecule has 1 aromatic heterocycles. The monoisotopic (exact) mass is 283 g/mol. The molecular weight excluding hydrogens is 274 g/mol. The third-order valence-electron chi connectivity index (χ3n) is 3.01. The number of aryl methyl sites for hydroxylation is 1. The maximum absolute atomic E-state index is 11.9. The van der Waals surface area contributed by atoms with Crippen molar-refractivity contribution in [3.05, 3.63) is 16.1 Å². The van der Waals surface area contributed by atoms with Crippen molar-refractivity contribution in [2.75, 3.05) is 5.75 Å². The van der Waals surface area contributed by atoms with Crippen LogP contribution in [0.2, 0.25) is 0 Å². The Morgan fingerprint density at radius 1 is 1.61 bits per heavy atom. The van der Waals surface area contributed by atoms with Crippen molar-refractivity contribution >= 4 is 41.2 Å². The van der Waals surface area contributed by atoms with E-state index < -0.39 is 12.0 Å². The van der Waals surface area contributed by atoms with E-state index in [0.29, 0.717) is 11.3 Å². The lowest BCUT2D eigenvalue weighted by atomic mass is 10.0. The highest BCUT2D eigenvalue weighted by Crippen LogP contribution is 2.44. The highest BCUT2D eigenvalue weighted by molar-refractivity contribution is 8.00. The minimum atomic E-state index is -0.937. The van der Waals surface area contributed by atoms with Gasteiger partial charge < -0.3 is 10.0 Å². The van der Waals surface area contributed by atoms with Crippen LogP contribution in [0.1, 0.15) is 10.6 Å². The van der Waals surface area contributed by atoms with Gasteiger partial charge in [0.1, 0.15) is 11.4 Å². The average Bonchev–Trinajstić information content (AvgIpc) is 2.90. The quantitative estimate of drug-likeness (QED) is 0.632. The zero-order valence-corrected chi connectivity index (χ0v) is 11.0. The summed E-state index contributed by atoms with van der Waals surface area (Å²) in [6.45, 7) is 1.83. The molecule has 8 heteroatoms. The summed E-state index contributed by atoms with van der Waals surface area (Å²) >= 11 is 2.72. The summed E-state index contributed by atoms with van der Waals surface area (Å²) in [7, 11) is 0. The number of rotatable bonds is 2. The second-order valence-electron chi connectivity index (χ2n) is 4.07. The third kappa shape index (κ3) is 1.56. The van der Waals surface area contributed by atoms with E-state index in [0.717, 1.165) is 10.6 Å². The van der Waals surface area contributed by atoms with Gasteiger partial charge >= 0.3 is 5.97 Å². The Hall–Kier alpha value is -1.41. The smallest absolute Gasteiger partial charge is 0.327 e. The molecule has 3 heterocycles. The number of hydrogen-bond acceptors (Lipinski definition) is 6. The standard InChI is InChI=1S/C10H9N3O3S2/c1-4-7(18-12-11-4)2-5-8(14)13-6(10(15)16)3-17-9(5)13/h2,6,9H,3H2,1H3,(H,15,16)/t6?,9-/m1/s1. The first kappa shape index (κ1) is 11.7. The Balaban J connectivity index is 1.87. The van der Waals surface area contributed by atoms with Gasteiger partial charge in [-0.3, -0.25) is 4.79 Å². The molecule has 0 bridgehead atoms. The normalized spacial score (nSPS) is 28.4. The molecule has 2 atom stereocenters. The number of thioether (sulfide) groups is 1. The van der Waals surface area contributed by atoms with Gasteiger partial charge in [0.05, 0.1) is 16.1 Å². The fraction of sp³-hybridized carbons (Fsp3) is 0.400. The van der Waals surface area contributed by atoms with Gasteiger partial charge in [-0.25, -0.2) is 4.79 Å². The molecule has 1 unspecified atom stereocenters. The Morgan fingerprint density at radius 2 is 2.39 bits per heavy atom. The van der Waals surface area contributed by atoms with Gasteiger partial charge in [-0.15, -0.1) is 16.9 Å².